The van der Waals surface area contributed by atoms with Crippen LogP contribution in [0.2, 0.25) is 0 Å². The van der Waals surface area contributed by atoms with E-state index in [-0.39, 0.29) is 0 Å². The third-order valence-corrected chi connectivity index (χ3v) is 9.04. The number of para-hydroxylation sites is 2. The number of nitrogens with zero attached hydrogens (tertiary/aromatic N) is 4. The van der Waals surface area contributed by atoms with Gasteiger partial charge in [0.25, 0.3) is 0 Å². The summed E-state index contributed by atoms with van der Waals surface area (Å²) in [5, 5.41) is 0. The van der Waals surface area contributed by atoms with Gasteiger partial charge in [0.2, 0.25) is 0 Å². The molecule has 0 spiro atoms. The Labute approximate surface area is 219 Å². The lowest BCUT2D eigenvalue weighted by Crippen LogP contribution is -2.51. The van der Waals surface area contributed by atoms with Crippen molar-refractivity contribution in [2.45, 2.75) is 19.6 Å². The standard InChI is InChI=1S/C30H24N4S2/c1-5-13-25-21(9-1)29(31-23-11-3-7-15-27(23)35-25)33-17-19-34(20-18-33)30-22-10-2-6-14-26(22)36-28-16-8-4-12-24(28)32-30/h1-16H,17-20H2. The van der Waals surface area contributed by atoms with E-state index in [1.165, 1.54) is 30.7 Å². The first-order chi connectivity index (χ1) is 17.8. The zero-order valence-corrected chi connectivity index (χ0v) is 21.3. The molecule has 4 nitrogen and oxygen atoms in total. The largest absolute Gasteiger partial charge is 0.353 e. The van der Waals surface area contributed by atoms with Gasteiger partial charge in [0.1, 0.15) is 11.7 Å². The summed E-state index contributed by atoms with van der Waals surface area (Å²) in [5.41, 5.74) is 4.53. The molecule has 0 atom stereocenters. The van der Waals surface area contributed by atoms with Gasteiger partial charge < -0.3 is 9.80 Å². The van der Waals surface area contributed by atoms with Gasteiger partial charge in [0.05, 0.1) is 11.4 Å². The second kappa shape index (κ2) is 9.19. The molecular formula is C30H24N4S2. The van der Waals surface area contributed by atoms with Gasteiger partial charge in [-0.05, 0) is 36.4 Å². The molecule has 36 heavy (non-hydrogen) atoms. The highest BCUT2D eigenvalue weighted by Crippen LogP contribution is 2.42. The lowest BCUT2D eigenvalue weighted by Gasteiger charge is -2.38. The number of hydrogen-bond donors (Lipinski definition) is 0. The fraction of sp³-hybridized carbons (Fsp3) is 0.133. The van der Waals surface area contributed by atoms with E-state index in [1.54, 1.807) is 0 Å². The van der Waals surface area contributed by atoms with E-state index in [0.717, 1.165) is 49.2 Å². The van der Waals surface area contributed by atoms with Gasteiger partial charge in [-0.3, -0.25) is 0 Å². The number of fused-ring (bicyclic) bond motifs is 4. The van der Waals surface area contributed by atoms with E-state index in [0.29, 0.717) is 0 Å². The SMILES string of the molecule is c1ccc2c(c1)N=C(N1CCN(C3=Nc4ccccc4Sc4ccccc43)CC1)c1ccccc1S2. The zero-order valence-electron chi connectivity index (χ0n) is 19.7. The fourth-order valence-electron chi connectivity index (χ4n) is 4.95. The molecule has 1 fully saturated rings. The third kappa shape index (κ3) is 3.91. The molecule has 176 valence electrons. The van der Waals surface area contributed by atoms with Crippen LogP contribution in [0.15, 0.2) is 127 Å². The van der Waals surface area contributed by atoms with Crippen molar-refractivity contribution in [2.24, 2.45) is 9.98 Å². The molecule has 4 aromatic rings. The van der Waals surface area contributed by atoms with Crippen molar-refractivity contribution in [3.05, 3.63) is 108 Å². The Hall–Kier alpha value is -3.48. The first-order valence-corrected chi connectivity index (χ1v) is 13.9. The fourth-order valence-corrected chi connectivity index (χ4v) is 6.99. The van der Waals surface area contributed by atoms with Gasteiger partial charge in [-0.25, -0.2) is 9.98 Å². The Kier molecular flexibility index (Phi) is 5.56. The molecule has 0 N–H and O–H groups in total. The van der Waals surface area contributed by atoms with Gasteiger partial charge in [-0.2, -0.15) is 0 Å². The lowest BCUT2D eigenvalue weighted by molar-refractivity contribution is 0.259. The van der Waals surface area contributed by atoms with Gasteiger partial charge in [0, 0.05) is 56.9 Å². The van der Waals surface area contributed by atoms with Crippen LogP contribution in [0.25, 0.3) is 0 Å². The second-order valence-corrected chi connectivity index (χ2v) is 11.1. The topological polar surface area (TPSA) is 31.2 Å². The molecule has 0 saturated carbocycles. The van der Waals surface area contributed by atoms with Crippen molar-refractivity contribution in [3.8, 4) is 0 Å². The van der Waals surface area contributed by atoms with Crippen LogP contribution in [0.3, 0.4) is 0 Å². The molecular weight excluding hydrogens is 480 g/mol. The quantitative estimate of drug-likeness (QED) is 0.256. The third-order valence-electron chi connectivity index (χ3n) is 6.76. The van der Waals surface area contributed by atoms with Crippen LogP contribution in [0, 0.1) is 0 Å². The predicted octanol–water partition coefficient (Wildman–Crippen LogP) is 7.09. The van der Waals surface area contributed by atoms with E-state index >= 15 is 0 Å². The molecule has 4 aromatic carbocycles. The van der Waals surface area contributed by atoms with Crippen LogP contribution in [-0.4, -0.2) is 47.7 Å². The molecule has 7 rings (SSSR count). The minimum Gasteiger partial charge on any atom is -0.353 e. The summed E-state index contributed by atoms with van der Waals surface area (Å²) < 4.78 is 0. The predicted molar refractivity (Wildman–Crippen MR) is 150 cm³/mol. The summed E-state index contributed by atoms with van der Waals surface area (Å²) in [7, 11) is 0. The molecule has 1 saturated heterocycles. The highest BCUT2D eigenvalue weighted by atomic mass is 32.2. The molecule has 0 aliphatic carbocycles. The monoisotopic (exact) mass is 504 g/mol. The Bertz CT molecular complexity index is 1400. The molecule has 3 aliphatic rings. The highest BCUT2D eigenvalue weighted by Gasteiger charge is 2.28. The first kappa shape index (κ1) is 21.8. The normalized spacial score (nSPS) is 16.4. The van der Waals surface area contributed by atoms with Crippen molar-refractivity contribution in [3.63, 3.8) is 0 Å². The van der Waals surface area contributed by atoms with Crippen molar-refractivity contribution < 1.29 is 0 Å². The van der Waals surface area contributed by atoms with Crippen LogP contribution in [0.4, 0.5) is 11.4 Å². The van der Waals surface area contributed by atoms with E-state index < -0.39 is 0 Å². The number of hydrogen-bond acceptors (Lipinski definition) is 6. The summed E-state index contributed by atoms with van der Waals surface area (Å²) in [6.07, 6.45) is 0. The van der Waals surface area contributed by atoms with Crippen LogP contribution >= 0.6 is 23.5 Å². The Morgan fingerprint density at radius 3 is 1.25 bits per heavy atom. The molecule has 0 radical (unpaired) electrons. The zero-order chi connectivity index (χ0) is 23.9. The van der Waals surface area contributed by atoms with E-state index in [2.05, 4.69) is 107 Å². The van der Waals surface area contributed by atoms with E-state index in [4.69, 9.17) is 9.98 Å². The molecule has 0 amide bonds. The molecule has 3 aliphatic heterocycles. The maximum absolute atomic E-state index is 5.19. The molecule has 0 bridgehead atoms. The van der Waals surface area contributed by atoms with Crippen LogP contribution in [0.5, 0.6) is 0 Å². The molecule has 0 unspecified atom stereocenters. The summed E-state index contributed by atoms with van der Waals surface area (Å²) >= 11 is 3.62. The Balaban J connectivity index is 1.22. The van der Waals surface area contributed by atoms with Crippen LogP contribution in [-0.2, 0) is 0 Å². The summed E-state index contributed by atoms with van der Waals surface area (Å²) in [6.45, 7) is 3.60. The maximum Gasteiger partial charge on any atom is 0.137 e. The Morgan fingerprint density at radius 2 is 0.806 bits per heavy atom. The first-order valence-electron chi connectivity index (χ1n) is 12.2. The van der Waals surface area contributed by atoms with Gasteiger partial charge in [0.15, 0.2) is 0 Å². The smallest absolute Gasteiger partial charge is 0.137 e. The van der Waals surface area contributed by atoms with Gasteiger partial charge in [-0.15, -0.1) is 0 Å². The highest BCUT2D eigenvalue weighted by molar-refractivity contribution is 7.99. The minimum atomic E-state index is 0.899. The van der Waals surface area contributed by atoms with Gasteiger partial charge in [-0.1, -0.05) is 84.2 Å². The molecule has 6 heteroatoms. The van der Waals surface area contributed by atoms with Crippen molar-refractivity contribution in [1.29, 1.82) is 0 Å². The van der Waals surface area contributed by atoms with Crippen LogP contribution < -0.4 is 0 Å². The molecule has 0 aromatic heterocycles. The number of amidine groups is 2. The van der Waals surface area contributed by atoms with Crippen molar-refractivity contribution >= 4 is 46.6 Å². The summed E-state index contributed by atoms with van der Waals surface area (Å²) in [6, 6.07) is 34.2. The summed E-state index contributed by atoms with van der Waals surface area (Å²) in [4.78, 5) is 20.2. The number of aliphatic imine (C=N–C) groups is 2. The average molecular weight is 505 g/mol. The number of benzene rings is 4. The minimum absolute atomic E-state index is 0.899. The maximum atomic E-state index is 5.19. The van der Waals surface area contributed by atoms with E-state index in [1.807, 2.05) is 23.5 Å². The van der Waals surface area contributed by atoms with Crippen molar-refractivity contribution in [1.82, 2.24) is 9.80 Å². The number of piperazine rings is 1. The average Bonchev–Trinajstić information content (AvgIpc) is 3.21. The van der Waals surface area contributed by atoms with Gasteiger partial charge >= 0.3 is 0 Å². The van der Waals surface area contributed by atoms with E-state index in [9.17, 15) is 0 Å². The molecule has 3 heterocycles. The second-order valence-electron chi connectivity index (χ2n) is 8.98. The van der Waals surface area contributed by atoms with Crippen LogP contribution in [0.1, 0.15) is 11.1 Å². The number of rotatable bonds is 0. The summed E-state index contributed by atoms with van der Waals surface area (Å²) in [5.74, 6) is 2.15. The van der Waals surface area contributed by atoms with Crippen molar-refractivity contribution in [2.75, 3.05) is 26.2 Å². The Morgan fingerprint density at radius 1 is 0.444 bits per heavy atom. The lowest BCUT2D eigenvalue weighted by atomic mass is 10.1.